The van der Waals surface area contributed by atoms with E-state index in [1.165, 1.54) is 11.1 Å². The molecule has 1 heterocycles. The molecule has 34 heavy (non-hydrogen) atoms. The number of phenolic OH excluding ortho intramolecular Hbond substituents is 1. The third-order valence-corrected chi connectivity index (χ3v) is 7.32. The van der Waals surface area contributed by atoms with Gasteiger partial charge in [-0.2, -0.15) is 0 Å². The maximum Gasteiger partial charge on any atom is 0.255 e. The first-order valence-corrected chi connectivity index (χ1v) is 11.1. The number of anilines is 1. The Morgan fingerprint density at radius 1 is 1.24 bits per heavy atom. The first kappa shape index (κ1) is 22.0. The van der Waals surface area contributed by atoms with Crippen molar-refractivity contribution in [3.63, 3.8) is 0 Å². The standard InChI is InChI=1S/C24H26N4O6/c1-9(2)13(25)8-28(27)14-3-4-15(29)18-12(14)6-10-5-11-7-16(30)19(23(26)33)21(32)24(11)22(34-24)17(10)20(18)31/h3-4,8-11,29,32H,5-7,25,27H2,1-2H3,(H2,26,33)/b13-8-/t10?,11-,24+/m0/s1. The third-order valence-electron chi connectivity index (χ3n) is 7.32. The number of rotatable bonds is 4. The van der Waals surface area contributed by atoms with Crippen LogP contribution in [0.25, 0.3) is 0 Å². The van der Waals surface area contributed by atoms with Crippen LogP contribution in [0.15, 0.2) is 46.7 Å². The minimum absolute atomic E-state index is 0.0275. The lowest BCUT2D eigenvalue weighted by atomic mass is 9.63. The summed E-state index contributed by atoms with van der Waals surface area (Å²) in [5.41, 5.74) is 11.6. The van der Waals surface area contributed by atoms with Crippen molar-refractivity contribution in [2.45, 2.75) is 38.7 Å². The molecule has 3 aliphatic carbocycles. The number of nitrogens with two attached hydrogens (primary N) is 3. The fourth-order valence-corrected chi connectivity index (χ4v) is 5.51. The molecule has 178 valence electrons. The van der Waals surface area contributed by atoms with Gasteiger partial charge < -0.3 is 26.4 Å². The SMILES string of the molecule is CC(C)/C(N)=C/N(N)c1ccc(O)c2c1CC1C[C@H]3CC(=O)C(C(N)=O)=C(O)[C@]34OC4=C1C2=O. The number of hydrazine groups is 1. The molecule has 1 aromatic rings. The van der Waals surface area contributed by atoms with Crippen LogP contribution in [0.1, 0.15) is 42.6 Å². The average Bonchev–Trinajstić information content (AvgIpc) is 3.49. The second-order valence-corrected chi connectivity index (χ2v) is 9.61. The molecule has 10 heteroatoms. The van der Waals surface area contributed by atoms with Crippen LogP contribution in [0.3, 0.4) is 0 Å². The summed E-state index contributed by atoms with van der Waals surface area (Å²) in [6, 6.07) is 3.02. The Kier molecular flexibility index (Phi) is 4.60. The maximum absolute atomic E-state index is 13.6. The summed E-state index contributed by atoms with van der Waals surface area (Å²) in [7, 11) is 0. The number of aliphatic hydroxyl groups excluding tert-OH is 1. The van der Waals surface area contributed by atoms with E-state index in [0.29, 0.717) is 35.4 Å². The summed E-state index contributed by atoms with van der Waals surface area (Å²) in [5.74, 6) is 3.09. The molecule has 1 unspecified atom stereocenters. The predicted molar refractivity (Wildman–Crippen MR) is 121 cm³/mol. The van der Waals surface area contributed by atoms with E-state index in [0.717, 1.165) is 0 Å². The third kappa shape index (κ3) is 2.81. The van der Waals surface area contributed by atoms with E-state index < -0.39 is 40.3 Å². The van der Waals surface area contributed by atoms with Gasteiger partial charge in [0.25, 0.3) is 5.91 Å². The normalized spacial score (nSPS) is 27.6. The number of phenols is 1. The Morgan fingerprint density at radius 3 is 2.59 bits per heavy atom. The van der Waals surface area contributed by atoms with Crippen molar-refractivity contribution in [2.75, 3.05) is 5.01 Å². The summed E-state index contributed by atoms with van der Waals surface area (Å²) in [4.78, 5) is 37.9. The molecule has 1 amide bonds. The minimum atomic E-state index is -1.38. The number of amides is 1. The molecule has 1 aromatic carbocycles. The summed E-state index contributed by atoms with van der Waals surface area (Å²) in [6.07, 6.45) is 2.29. The van der Waals surface area contributed by atoms with E-state index in [9.17, 15) is 24.6 Å². The number of allylic oxidation sites excluding steroid dienone is 2. The zero-order valence-corrected chi connectivity index (χ0v) is 18.8. The smallest absolute Gasteiger partial charge is 0.255 e. The van der Waals surface area contributed by atoms with Crippen LogP contribution < -0.4 is 22.3 Å². The van der Waals surface area contributed by atoms with Crippen molar-refractivity contribution in [3.05, 3.63) is 57.8 Å². The van der Waals surface area contributed by atoms with Crippen LogP contribution in [-0.4, -0.2) is 33.3 Å². The molecule has 0 aromatic heterocycles. The molecule has 3 atom stereocenters. The number of ether oxygens (including phenoxy) is 1. The number of primary amides is 1. The van der Waals surface area contributed by atoms with E-state index in [1.807, 2.05) is 13.8 Å². The second kappa shape index (κ2) is 7.10. The summed E-state index contributed by atoms with van der Waals surface area (Å²) in [5, 5.41) is 22.7. The first-order valence-electron chi connectivity index (χ1n) is 11.1. The Balaban J connectivity index is 1.63. The lowest BCUT2D eigenvalue weighted by Gasteiger charge is -2.36. The molecule has 0 bridgehead atoms. The molecule has 1 fully saturated rings. The van der Waals surface area contributed by atoms with Crippen LogP contribution in [-0.2, 0) is 20.7 Å². The lowest BCUT2D eigenvalue weighted by Crippen LogP contribution is -2.43. The quantitative estimate of drug-likeness (QED) is 0.188. The van der Waals surface area contributed by atoms with E-state index in [4.69, 9.17) is 22.0 Å². The van der Waals surface area contributed by atoms with Crippen LogP contribution >= 0.6 is 0 Å². The number of nitrogens with zero attached hydrogens (tertiary/aromatic N) is 1. The fourth-order valence-electron chi connectivity index (χ4n) is 5.51. The lowest BCUT2D eigenvalue weighted by molar-refractivity contribution is -0.123. The Morgan fingerprint density at radius 2 is 1.94 bits per heavy atom. The predicted octanol–water partition coefficient (Wildman–Crippen LogP) is 1.20. The number of aliphatic hydroxyl groups is 1. The Bertz CT molecular complexity index is 1280. The summed E-state index contributed by atoms with van der Waals surface area (Å²) >= 11 is 0. The molecule has 1 saturated heterocycles. The second-order valence-electron chi connectivity index (χ2n) is 9.61. The number of benzene rings is 1. The van der Waals surface area contributed by atoms with Crippen LogP contribution in [0, 0.1) is 17.8 Å². The summed E-state index contributed by atoms with van der Waals surface area (Å²) < 4.78 is 5.81. The maximum atomic E-state index is 13.6. The number of hydrogen-bond acceptors (Lipinski definition) is 9. The fraction of sp³-hybridized carbons (Fsp3) is 0.375. The van der Waals surface area contributed by atoms with Crippen LogP contribution in [0.2, 0.25) is 0 Å². The molecule has 0 radical (unpaired) electrons. The molecular weight excluding hydrogens is 440 g/mol. The number of ketones is 2. The highest BCUT2D eigenvalue weighted by atomic mass is 16.6. The van der Waals surface area contributed by atoms with Crippen molar-refractivity contribution in [3.8, 4) is 5.75 Å². The van der Waals surface area contributed by atoms with Crippen LogP contribution in [0.4, 0.5) is 5.69 Å². The number of carbonyl (C=O) groups is 3. The largest absolute Gasteiger partial charge is 0.507 e. The number of carbonyl (C=O) groups excluding carboxylic acids is 3. The minimum Gasteiger partial charge on any atom is -0.507 e. The number of hydrogen-bond donors (Lipinski definition) is 5. The topological polar surface area (TPSA) is 186 Å². The van der Waals surface area contributed by atoms with Gasteiger partial charge in [-0.3, -0.25) is 19.4 Å². The van der Waals surface area contributed by atoms with Gasteiger partial charge in [-0.05, 0) is 42.4 Å². The van der Waals surface area contributed by atoms with Gasteiger partial charge in [0.1, 0.15) is 11.3 Å². The molecule has 8 N–H and O–H groups in total. The molecule has 1 aliphatic heterocycles. The van der Waals surface area contributed by atoms with Gasteiger partial charge in [-0.1, -0.05) is 13.8 Å². The number of fused-ring (bicyclic) bond motifs is 2. The van der Waals surface area contributed by atoms with Gasteiger partial charge in [0, 0.05) is 29.8 Å². The van der Waals surface area contributed by atoms with Gasteiger partial charge >= 0.3 is 0 Å². The van der Waals surface area contributed by atoms with Gasteiger partial charge in [0.2, 0.25) is 5.60 Å². The Labute approximate surface area is 195 Å². The highest BCUT2D eigenvalue weighted by Gasteiger charge is 2.71. The molecular formula is C24H26N4O6. The molecule has 10 nitrogen and oxygen atoms in total. The highest BCUT2D eigenvalue weighted by Crippen LogP contribution is 2.64. The van der Waals surface area contributed by atoms with E-state index in [1.54, 1.807) is 12.3 Å². The van der Waals surface area contributed by atoms with E-state index in [2.05, 4.69) is 0 Å². The number of Topliss-reactive ketones (excluding diaryl/α,β-unsaturated/α-hetero) is 2. The van der Waals surface area contributed by atoms with Crippen molar-refractivity contribution in [2.24, 2.45) is 35.1 Å². The first-order chi connectivity index (χ1) is 16.0. The molecule has 0 saturated carbocycles. The highest BCUT2D eigenvalue weighted by molar-refractivity contribution is 6.21. The number of epoxide rings is 1. The van der Waals surface area contributed by atoms with Crippen molar-refractivity contribution >= 4 is 23.2 Å². The number of aromatic hydroxyl groups is 1. The zero-order valence-electron chi connectivity index (χ0n) is 18.8. The monoisotopic (exact) mass is 466 g/mol. The van der Waals surface area contributed by atoms with Gasteiger partial charge in [0.15, 0.2) is 23.1 Å². The summed E-state index contributed by atoms with van der Waals surface area (Å²) in [6.45, 7) is 3.85. The van der Waals surface area contributed by atoms with Gasteiger partial charge in [0.05, 0.1) is 11.3 Å². The van der Waals surface area contributed by atoms with Gasteiger partial charge in [-0.25, -0.2) is 5.84 Å². The molecule has 4 aliphatic rings. The van der Waals surface area contributed by atoms with Crippen LogP contribution in [0.5, 0.6) is 5.75 Å². The van der Waals surface area contributed by atoms with Crippen molar-refractivity contribution in [1.29, 1.82) is 0 Å². The molecule has 1 spiro atoms. The Hall–Kier alpha value is -3.79. The van der Waals surface area contributed by atoms with E-state index >= 15 is 0 Å². The van der Waals surface area contributed by atoms with Crippen molar-refractivity contribution < 1.29 is 29.3 Å². The molecule has 5 rings (SSSR count). The zero-order chi connectivity index (χ0) is 24.7. The van der Waals surface area contributed by atoms with E-state index in [-0.39, 0.29) is 35.3 Å². The average molecular weight is 466 g/mol. The van der Waals surface area contributed by atoms with Crippen molar-refractivity contribution in [1.82, 2.24) is 0 Å². The van der Waals surface area contributed by atoms with Gasteiger partial charge in [-0.15, -0.1) is 0 Å².